The van der Waals surface area contributed by atoms with Crippen LogP contribution in [0.3, 0.4) is 0 Å². The van der Waals surface area contributed by atoms with Crippen LogP contribution in [0, 0.1) is 0 Å². The molecule has 17 heavy (non-hydrogen) atoms. The SMILES string of the molecule is CCOc1cc(Cc2ccccn2)ccc1O. The quantitative estimate of drug-likeness (QED) is 0.876. The number of phenols is 1. The highest BCUT2D eigenvalue weighted by atomic mass is 16.5. The maximum absolute atomic E-state index is 9.59. The van der Waals surface area contributed by atoms with Gasteiger partial charge in [-0.25, -0.2) is 0 Å². The van der Waals surface area contributed by atoms with E-state index in [0.717, 1.165) is 17.7 Å². The molecule has 1 aromatic carbocycles. The highest BCUT2D eigenvalue weighted by Crippen LogP contribution is 2.27. The molecule has 0 aliphatic heterocycles. The zero-order valence-corrected chi connectivity index (χ0v) is 9.76. The number of hydrogen-bond acceptors (Lipinski definition) is 3. The van der Waals surface area contributed by atoms with Crippen LogP contribution in [0.5, 0.6) is 11.5 Å². The van der Waals surface area contributed by atoms with Crippen molar-refractivity contribution < 1.29 is 9.84 Å². The van der Waals surface area contributed by atoms with Crippen LogP contribution >= 0.6 is 0 Å². The van der Waals surface area contributed by atoms with E-state index in [1.807, 2.05) is 37.3 Å². The van der Waals surface area contributed by atoms with Crippen LogP contribution in [0.4, 0.5) is 0 Å². The van der Waals surface area contributed by atoms with Crippen molar-refractivity contribution in [3.05, 3.63) is 53.9 Å². The summed E-state index contributed by atoms with van der Waals surface area (Å²) in [5, 5.41) is 9.59. The van der Waals surface area contributed by atoms with Crippen molar-refractivity contribution in [2.75, 3.05) is 6.61 Å². The van der Waals surface area contributed by atoms with E-state index in [1.54, 1.807) is 12.3 Å². The largest absolute Gasteiger partial charge is 0.504 e. The van der Waals surface area contributed by atoms with Crippen LogP contribution in [-0.2, 0) is 6.42 Å². The zero-order valence-electron chi connectivity index (χ0n) is 9.76. The lowest BCUT2D eigenvalue weighted by Crippen LogP contribution is -1.95. The highest BCUT2D eigenvalue weighted by Gasteiger charge is 2.04. The van der Waals surface area contributed by atoms with Gasteiger partial charge in [0.2, 0.25) is 0 Å². The van der Waals surface area contributed by atoms with E-state index in [2.05, 4.69) is 4.98 Å². The Hall–Kier alpha value is -2.03. The molecule has 1 N–H and O–H groups in total. The third-order valence-corrected chi connectivity index (χ3v) is 2.44. The van der Waals surface area contributed by atoms with E-state index in [4.69, 9.17) is 4.74 Å². The maximum Gasteiger partial charge on any atom is 0.161 e. The Labute approximate surface area is 101 Å². The van der Waals surface area contributed by atoms with Crippen molar-refractivity contribution in [1.29, 1.82) is 0 Å². The van der Waals surface area contributed by atoms with E-state index in [-0.39, 0.29) is 5.75 Å². The second-order valence-corrected chi connectivity index (χ2v) is 3.73. The Balaban J connectivity index is 2.19. The number of aromatic hydroxyl groups is 1. The molecular formula is C14H15NO2. The van der Waals surface area contributed by atoms with Crippen LogP contribution in [0.2, 0.25) is 0 Å². The number of phenolic OH excluding ortho intramolecular Hbond substituents is 1. The Morgan fingerprint density at radius 3 is 2.82 bits per heavy atom. The van der Waals surface area contributed by atoms with Gasteiger partial charge in [-0.1, -0.05) is 12.1 Å². The predicted molar refractivity (Wildman–Crippen MR) is 66.3 cm³/mol. The first-order valence-corrected chi connectivity index (χ1v) is 5.64. The minimum atomic E-state index is 0.177. The van der Waals surface area contributed by atoms with Crippen molar-refractivity contribution in [3.63, 3.8) is 0 Å². The normalized spacial score (nSPS) is 10.2. The summed E-state index contributed by atoms with van der Waals surface area (Å²) >= 11 is 0. The number of benzene rings is 1. The molecule has 0 saturated carbocycles. The molecular weight excluding hydrogens is 214 g/mol. The lowest BCUT2D eigenvalue weighted by atomic mass is 10.1. The molecule has 0 fully saturated rings. The molecule has 1 aromatic heterocycles. The number of rotatable bonds is 4. The van der Waals surface area contributed by atoms with Gasteiger partial charge in [0.25, 0.3) is 0 Å². The molecule has 0 bridgehead atoms. The molecule has 0 unspecified atom stereocenters. The van der Waals surface area contributed by atoms with Gasteiger partial charge in [-0.15, -0.1) is 0 Å². The van der Waals surface area contributed by atoms with Crippen molar-refractivity contribution in [3.8, 4) is 11.5 Å². The van der Waals surface area contributed by atoms with E-state index >= 15 is 0 Å². The van der Waals surface area contributed by atoms with Gasteiger partial charge in [0.15, 0.2) is 11.5 Å². The highest BCUT2D eigenvalue weighted by molar-refractivity contribution is 5.42. The molecule has 0 amide bonds. The van der Waals surface area contributed by atoms with Gasteiger partial charge in [0.05, 0.1) is 6.61 Å². The molecule has 0 aliphatic rings. The first-order valence-electron chi connectivity index (χ1n) is 5.64. The average Bonchev–Trinajstić information content (AvgIpc) is 2.35. The summed E-state index contributed by atoms with van der Waals surface area (Å²) in [7, 11) is 0. The summed E-state index contributed by atoms with van der Waals surface area (Å²) < 4.78 is 5.34. The Kier molecular flexibility index (Phi) is 3.60. The fraction of sp³-hybridized carbons (Fsp3) is 0.214. The van der Waals surface area contributed by atoms with Gasteiger partial charge >= 0.3 is 0 Å². The standard InChI is InChI=1S/C14H15NO2/c1-2-17-14-10-11(6-7-13(14)16)9-12-5-3-4-8-15-12/h3-8,10,16H,2,9H2,1H3. The summed E-state index contributed by atoms with van der Waals surface area (Å²) in [6.45, 7) is 2.44. The molecule has 0 spiro atoms. The zero-order chi connectivity index (χ0) is 12.1. The molecule has 88 valence electrons. The van der Waals surface area contributed by atoms with Gasteiger partial charge in [0.1, 0.15) is 0 Å². The van der Waals surface area contributed by atoms with Gasteiger partial charge in [-0.3, -0.25) is 4.98 Å². The number of hydrogen-bond donors (Lipinski definition) is 1. The summed E-state index contributed by atoms with van der Waals surface area (Å²) in [5.74, 6) is 0.706. The number of pyridine rings is 1. The second kappa shape index (κ2) is 5.34. The number of ether oxygens (including phenoxy) is 1. The summed E-state index contributed by atoms with van der Waals surface area (Å²) in [4.78, 5) is 4.27. The van der Waals surface area contributed by atoms with E-state index in [0.29, 0.717) is 12.4 Å². The molecule has 3 heteroatoms. The van der Waals surface area contributed by atoms with Gasteiger partial charge in [0, 0.05) is 18.3 Å². The van der Waals surface area contributed by atoms with Crippen molar-refractivity contribution in [2.45, 2.75) is 13.3 Å². The van der Waals surface area contributed by atoms with Crippen LogP contribution in [-0.4, -0.2) is 16.7 Å². The van der Waals surface area contributed by atoms with E-state index in [1.165, 1.54) is 0 Å². The lowest BCUT2D eigenvalue weighted by molar-refractivity contribution is 0.318. The molecule has 1 heterocycles. The van der Waals surface area contributed by atoms with Crippen molar-refractivity contribution >= 4 is 0 Å². The van der Waals surface area contributed by atoms with Gasteiger partial charge in [-0.05, 0) is 36.8 Å². The van der Waals surface area contributed by atoms with Crippen LogP contribution in [0.25, 0.3) is 0 Å². The lowest BCUT2D eigenvalue weighted by Gasteiger charge is -2.08. The molecule has 0 radical (unpaired) electrons. The predicted octanol–water partition coefficient (Wildman–Crippen LogP) is 2.78. The fourth-order valence-corrected chi connectivity index (χ4v) is 1.65. The van der Waals surface area contributed by atoms with Crippen molar-refractivity contribution in [1.82, 2.24) is 4.98 Å². The first-order chi connectivity index (χ1) is 8.29. The maximum atomic E-state index is 9.59. The molecule has 3 nitrogen and oxygen atoms in total. The van der Waals surface area contributed by atoms with E-state index < -0.39 is 0 Å². The third kappa shape index (κ3) is 2.97. The summed E-state index contributed by atoms with van der Waals surface area (Å²) in [5.41, 5.74) is 2.07. The summed E-state index contributed by atoms with van der Waals surface area (Å²) in [6, 6.07) is 11.2. The Bertz CT molecular complexity index is 483. The minimum absolute atomic E-state index is 0.177. The van der Waals surface area contributed by atoms with Crippen LogP contribution < -0.4 is 4.74 Å². The minimum Gasteiger partial charge on any atom is -0.504 e. The molecule has 0 atom stereocenters. The third-order valence-electron chi connectivity index (χ3n) is 2.44. The fourth-order valence-electron chi connectivity index (χ4n) is 1.65. The van der Waals surface area contributed by atoms with Crippen LogP contribution in [0.15, 0.2) is 42.6 Å². The molecule has 2 rings (SSSR count). The number of nitrogens with zero attached hydrogens (tertiary/aromatic N) is 1. The van der Waals surface area contributed by atoms with Gasteiger partial charge < -0.3 is 9.84 Å². The van der Waals surface area contributed by atoms with E-state index in [9.17, 15) is 5.11 Å². The Morgan fingerprint density at radius 1 is 1.24 bits per heavy atom. The number of aromatic nitrogens is 1. The first kappa shape index (κ1) is 11.5. The summed E-state index contributed by atoms with van der Waals surface area (Å²) in [6.07, 6.45) is 2.51. The molecule has 0 aliphatic carbocycles. The Morgan fingerprint density at radius 2 is 2.12 bits per heavy atom. The second-order valence-electron chi connectivity index (χ2n) is 3.73. The molecule has 2 aromatic rings. The smallest absolute Gasteiger partial charge is 0.161 e. The topological polar surface area (TPSA) is 42.4 Å². The van der Waals surface area contributed by atoms with Crippen molar-refractivity contribution in [2.24, 2.45) is 0 Å². The molecule has 0 saturated heterocycles. The average molecular weight is 229 g/mol. The van der Waals surface area contributed by atoms with Crippen LogP contribution in [0.1, 0.15) is 18.2 Å². The monoisotopic (exact) mass is 229 g/mol. The van der Waals surface area contributed by atoms with Gasteiger partial charge in [-0.2, -0.15) is 0 Å².